The molecule has 0 saturated heterocycles. The molecule has 0 heterocycles. The fourth-order valence-electron chi connectivity index (χ4n) is 1.69. The lowest BCUT2D eigenvalue weighted by Gasteiger charge is -2.13. The number of rotatable bonds is 4. The van der Waals surface area contributed by atoms with Crippen molar-refractivity contribution in [3.63, 3.8) is 0 Å². The van der Waals surface area contributed by atoms with E-state index in [9.17, 15) is 8.42 Å². The Bertz CT molecular complexity index is 526. The van der Waals surface area contributed by atoms with Gasteiger partial charge >= 0.3 is 0 Å². The fraction of sp³-hybridized carbons (Fsp3) is 0.455. The molecule has 0 spiro atoms. The highest BCUT2D eigenvalue weighted by Crippen LogP contribution is 2.33. The van der Waals surface area contributed by atoms with E-state index in [0.29, 0.717) is 16.1 Å². The normalized spacial score (nSPS) is 18.0. The number of sulfonamides is 1. The van der Waals surface area contributed by atoms with Crippen molar-refractivity contribution in [1.82, 2.24) is 4.72 Å². The molecule has 1 aliphatic carbocycles. The first kappa shape index (κ1) is 12.9. The van der Waals surface area contributed by atoms with Gasteiger partial charge in [0.1, 0.15) is 0 Å². The molecule has 1 saturated carbocycles. The van der Waals surface area contributed by atoms with E-state index < -0.39 is 10.0 Å². The van der Waals surface area contributed by atoms with Gasteiger partial charge in [0.2, 0.25) is 10.0 Å². The minimum absolute atomic E-state index is 0.00938. The van der Waals surface area contributed by atoms with Gasteiger partial charge < -0.3 is 5.73 Å². The Morgan fingerprint density at radius 3 is 2.65 bits per heavy atom. The standard InChI is InChI=1S/C11H15BrN2O2S/c1-7(8-2-3-8)14-17(15,16)9-4-5-10(12)11(13)6-9/h4-8,14H,2-3,13H2,1H3. The number of nitrogens with one attached hydrogen (secondary N) is 1. The summed E-state index contributed by atoms with van der Waals surface area (Å²) in [5, 5.41) is 0. The second-order valence-corrected chi connectivity index (χ2v) is 7.00. The Hall–Kier alpha value is -0.590. The van der Waals surface area contributed by atoms with Crippen molar-refractivity contribution in [3.05, 3.63) is 22.7 Å². The maximum absolute atomic E-state index is 12.1. The molecule has 17 heavy (non-hydrogen) atoms. The summed E-state index contributed by atoms with van der Waals surface area (Å²) in [6.07, 6.45) is 2.21. The smallest absolute Gasteiger partial charge is 0.240 e. The van der Waals surface area contributed by atoms with E-state index in [1.807, 2.05) is 6.92 Å². The minimum Gasteiger partial charge on any atom is -0.398 e. The molecule has 6 heteroatoms. The van der Waals surface area contributed by atoms with Crippen LogP contribution in [0.1, 0.15) is 19.8 Å². The van der Waals surface area contributed by atoms with E-state index in [1.54, 1.807) is 12.1 Å². The van der Waals surface area contributed by atoms with Gasteiger partial charge in [-0.2, -0.15) is 0 Å². The first-order chi connectivity index (χ1) is 7.90. The number of anilines is 1. The summed E-state index contributed by atoms with van der Waals surface area (Å²) in [6, 6.07) is 4.64. The Morgan fingerprint density at radius 1 is 1.47 bits per heavy atom. The molecule has 94 valence electrons. The van der Waals surface area contributed by atoms with Crippen LogP contribution in [0.3, 0.4) is 0 Å². The van der Waals surface area contributed by atoms with Crippen molar-refractivity contribution >= 4 is 31.6 Å². The van der Waals surface area contributed by atoms with E-state index in [0.717, 1.165) is 12.8 Å². The molecule has 2 rings (SSSR count). The van der Waals surface area contributed by atoms with Crippen LogP contribution < -0.4 is 10.5 Å². The number of benzene rings is 1. The van der Waals surface area contributed by atoms with Crippen LogP contribution in [0.4, 0.5) is 5.69 Å². The summed E-state index contributed by atoms with van der Waals surface area (Å²) < 4.78 is 27.5. The Labute approximate surface area is 110 Å². The topological polar surface area (TPSA) is 72.2 Å². The second kappa shape index (κ2) is 4.59. The molecule has 0 aromatic heterocycles. The van der Waals surface area contributed by atoms with E-state index >= 15 is 0 Å². The third kappa shape index (κ3) is 3.00. The van der Waals surface area contributed by atoms with Gasteiger partial charge in [0.15, 0.2) is 0 Å². The molecule has 0 bridgehead atoms. The summed E-state index contributed by atoms with van der Waals surface area (Å²) in [5.41, 5.74) is 6.10. The van der Waals surface area contributed by atoms with Crippen LogP contribution in [-0.2, 0) is 10.0 Å². The van der Waals surface area contributed by atoms with Gasteiger partial charge in [-0.3, -0.25) is 0 Å². The summed E-state index contributed by atoms with van der Waals surface area (Å²) in [4.78, 5) is 0.214. The van der Waals surface area contributed by atoms with Gasteiger partial charge in [0.25, 0.3) is 0 Å². The molecular weight excluding hydrogens is 304 g/mol. The average Bonchev–Trinajstić information content (AvgIpc) is 3.04. The van der Waals surface area contributed by atoms with Crippen molar-refractivity contribution < 1.29 is 8.42 Å². The zero-order valence-electron chi connectivity index (χ0n) is 9.48. The van der Waals surface area contributed by atoms with Gasteiger partial charge in [-0.15, -0.1) is 0 Å². The summed E-state index contributed by atoms with van der Waals surface area (Å²) in [7, 11) is -3.45. The van der Waals surface area contributed by atoms with Crippen LogP contribution >= 0.6 is 15.9 Å². The largest absolute Gasteiger partial charge is 0.398 e. The fourth-order valence-corrected chi connectivity index (χ4v) is 3.29. The predicted octanol–water partition coefficient (Wildman–Crippen LogP) is 2.11. The number of hydrogen-bond donors (Lipinski definition) is 2. The molecule has 1 aromatic rings. The van der Waals surface area contributed by atoms with Crippen LogP contribution in [-0.4, -0.2) is 14.5 Å². The Morgan fingerprint density at radius 2 is 2.12 bits per heavy atom. The van der Waals surface area contributed by atoms with Gasteiger partial charge in [-0.05, 0) is 59.8 Å². The average molecular weight is 319 g/mol. The monoisotopic (exact) mass is 318 g/mol. The molecule has 0 aliphatic heterocycles. The predicted molar refractivity (Wildman–Crippen MR) is 71.1 cm³/mol. The molecule has 1 aromatic carbocycles. The Balaban J connectivity index is 2.21. The van der Waals surface area contributed by atoms with Crippen LogP contribution in [0.15, 0.2) is 27.6 Å². The highest BCUT2D eigenvalue weighted by Gasteiger charge is 2.31. The maximum Gasteiger partial charge on any atom is 0.240 e. The third-order valence-electron chi connectivity index (χ3n) is 2.95. The van der Waals surface area contributed by atoms with E-state index in [2.05, 4.69) is 20.7 Å². The van der Waals surface area contributed by atoms with Crippen LogP contribution in [0.25, 0.3) is 0 Å². The summed E-state index contributed by atoms with van der Waals surface area (Å²) in [6.45, 7) is 1.90. The molecule has 1 atom stereocenters. The van der Waals surface area contributed by atoms with Crippen molar-refractivity contribution in [1.29, 1.82) is 0 Å². The lowest BCUT2D eigenvalue weighted by molar-refractivity contribution is 0.538. The zero-order valence-corrected chi connectivity index (χ0v) is 11.9. The van der Waals surface area contributed by atoms with Crippen LogP contribution in [0.5, 0.6) is 0 Å². The molecular formula is C11H15BrN2O2S. The Kier molecular flexibility index (Phi) is 3.47. The first-order valence-electron chi connectivity index (χ1n) is 5.47. The van der Waals surface area contributed by atoms with Crippen LogP contribution in [0, 0.1) is 5.92 Å². The number of nitrogen functional groups attached to an aromatic ring is 1. The van der Waals surface area contributed by atoms with Gasteiger partial charge in [0, 0.05) is 16.2 Å². The number of halogens is 1. The number of hydrogen-bond acceptors (Lipinski definition) is 3. The van der Waals surface area contributed by atoms with Crippen molar-refractivity contribution in [2.45, 2.75) is 30.7 Å². The van der Waals surface area contributed by atoms with E-state index in [-0.39, 0.29) is 10.9 Å². The quantitative estimate of drug-likeness (QED) is 0.835. The third-order valence-corrected chi connectivity index (χ3v) is 5.23. The molecule has 4 nitrogen and oxygen atoms in total. The van der Waals surface area contributed by atoms with E-state index in [1.165, 1.54) is 6.07 Å². The van der Waals surface area contributed by atoms with E-state index in [4.69, 9.17) is 5.73 Å². The SMILES string of the molecule is CC(NS(=O)(=O)c1ccc(Br)c(N)c1)C1CC1. The van der Waals surface area contributed by atoms with Gasteiger partial charge in [-0.25, -0.2) is 13.1 Å². The summed E-state index contributed by atoms with van der Waals surface area (Å²) >= 11 is 3.24. The highest BCUT2D eigenvalue weighted by molar-refractivity contribution is 9.10. The van der Waals surface area contributed by atoms with Crippen molar-refractivity contribution in [3.8, 4) is 0 Å². The molecule has 3 N–H and O–H groups in total. The lowest BCUT2D eigenvalue weighted by atomic mass is 10.2. The zero-order chi connectivity index (χ0) is 12.6. The molecule has 0 amide bonds. The summed E-state index contributed by atoms with van der Waals surface area (Å²) in [5.74, 6) is 0.484. The minimum atomic E-state index is -3.45. The molecule has 1 fully saturated rings. The lowest BCUT2D eigenvalue weighted by Crippen LogP contribution is -2.34. The van der Waals surface area contributed by atoms with Gasteiger partial charge in [0.05, 0.1) is 4.90 Å². The maximum atomic E-state index is 12.1. The molecule has 0 radical (unpaired) electrons. The second-order valence-electron chi connectivity index (χ2n) is 4.43. The van der Waals surface area contributed by atoms with Crippen LogP contribution in [0.2, 0.25) is 0 Å². The first-order valence-corrected chi connectivity index (χ1v) is 7.75. The number of nitrogens with two attached hydrogens (primary N) is 1. The van der Waals surface area contributed by atoms with Crippen molar-refractivity contribution in [2.75, 3.05) is 5.73 Å². The van der Waals surface area contributed by atoms with Crippen molar-refractivity contribution in [2.24, 2.45) is 5.92 Å². The highest BCUT2D eigenvalue weighted by atomic mass is 79.9. The van der Waals surface area contributed by atoms with Gasteiger partial charge in [-0.1, -0.05) is 0 Å². The molecule has 1 unspecified atom stereocenters. The molecule has 1 aliphatic rings.